The number of hydrogen-bond acceptors (Lipinski definition) is 2. The third-order valence-electron chi connectivity index (χ3n) is 4.58. The van der Waals surface area contributed by atoms with Gasteiger partial charge in [-0.1, -0.05) is 57.0 Å². The molecule has 0 bridgehead atoms. The van der Waals surface area contributed by atoms with Crippen molar-refractivity contribution in [3.63, 3.8) is 0 Å². The first-order chi connectivity index (χ1) is 9.90. The van der Waals surface area contributed by atoms with Gasteiger partial charge in [-0.25, -0.2) is 9.97 Å². The van der Waals surface area contributed by atoms with E-state index in [1.807, 2.05) is 18.5 Å². The van der Waals surface area contributed by atoms with Gasteiger partial charge in [0, 0.05) is 12.4 Å². The maximum absolute atomic E-state index is 4.68. The Morgan fingerprint density at radius 2 is 1.48 bits per heavy atom. The van der Waals surface area contributed by atoms with Crippen LogP contribution in [0.4, 0.5) is 0 Å². The Morgan fingerprint density at radius 3 is 1.95 bits per heavy atom. The van der Waals surface area contributed by atoms with Crippen LogP contribution in [0.25, 0.3) is 0 Å². The van der Waals surface area contributed by atoms with Crippen molar-refractivity contribution in [3.8, 4) is 0 Å². The zero-order chi connectivity index (χ0) is 15.6. The first-order valence-electron chi connectivity index (χ1n) is 7.76. The molecule has 2 aromatic rings. The van der Waals surface area contributed by atoms with Crippen LogP contribution in [-0.2, 0) is 0 Å². The second-order valence-corrected chi connectivity index (χ2v) is 11.6. The average molecular weight is 299 g/mol. The summed E-state index contributed by atoms with van der Waals surface area (Å²) in [6.07, 6.45) is 3.77. The SMILES string of the molecule is Cc1ccc([Si](c2ncccn2)(C(C)C)C(C)C)c(C)c1. The first-order valence-corrected chi connectivity index (χ1v) is 9.91. The molecule has 112 valence electrons. The molecule has 1 aromatic heterocycles. The Morgan fingerprint density at radius 1 is 0.905 bits per heavy atom. The van der Waals surface area contributed by atoms with E-state index in [1.54, 1.807) is 0 Å². The van der Waals surface area contributed by atoms with E-state index < -0.39 is 8.07 Å². The van der Waals surface area contributed by atoms with Crippen LogP contribution in [0.3, 0.4) is 0 Å². The fourth-order valence-corrected chi connectivity index (χ4v) is 9.23. The van der Waals surface area contributed by atoms with E-state index in [0.29, 0.717) is 11.1 Å². The zero-order valence-corrected chi connectivity index (χ0v) is 15.0. The Kier molecular flexibility index (Phi) is 4.62. The van der Waals surface area contributed by atoms with Crippen molar-refractivity contribution >= 4 is 18.7 Å². The third kappa shape index (κ3) is 2.67. The first kappa shape index (κ1) is 15.9. The maximum atomic E-state index is 4.68. The summed E-state index contributed by atoms with van der Waals surface area (Å²) in [7, 11) is -1.99. The van der Waals surface area contributed by atoms with Gasteiger partial charge >= 0.3 is 0 Å². The zero-order valence-electron chi connectivity index (χ0n) is 14.0. The highest BCUT2D eigenvalue weighted by molar-refractivity contribution is 7.03. The molecule has 2 rings (SSSR count). The Hall–Kier alpha value is -1.48. The molecule has 0 aliphatic rings. The predicted molar refractivity (Wildman–Crippen MR) is 93.2 cm³/mol. The molecule has 0 fully saturated rings. The van der Waals surface area contributed by atoms with Crippen LogP contribution in [-0.4, -0.2) is 18.0 Å². The smallest absolute Gasteiger partial charge is 0.170 e. The molecule has 0 aliphatic carbocycles. The largest absolute Gasteiger partial charge is 0.246 e. The van der Waals surface area contributed by atoms with E-state index >= 15 is 0 Å². The van der Waals surface area contributed by atoms with Gasteiger partial charge in [-0.15, -0.1) is 0 Å². The van der Waals surface area contributed by atoms with E-state index in [-0.39, 0.29) is 0 Å². The second kappa shape index (κ2) is 6.10. The van der Waals surface area contributed by atoms with Crippen LogP contribution in [0.5, 0.6) is 0 Å². The maximum Gasteiger partial charge on any atom is 0.170 e. The van der Waals surface area contributed by atoms with Gasteiger partial charge in [-0.2, -0.15) is 0 Å². The van der Waals surface area contributed by atoms with Crippen LogP contribution in [0.1, 0.15) is 38.8 Å². The summed E-state index contributed by atoms with van der Waals surface area (Å²) in [4.78, 5) is 9.37. The molecule has 0 unspecified atom stereocenters. The standard InChI is InChI=1S/C18H26N2Si/c1-13(2)21(14(3)4,18-19-10-7-11-20-18)17-9-8-15(5)12-16(17)6/h7-14H,1-6H3. The average Bonchev–Trinajstić information content (AvgIpc) is 2.42. The van der Waals surface area contributed by atoms with Gasteiger partial charge in [0.15, 0.2) is 8.07 Å². The number of aromatic nitrogens is 2. The monoisotopic (exact) mass is 298 g/mol. The molecule has 0 saturated carbocycles. The molecule has 21 heavy (non-hydrogen) atoms. The molecular weight excluding hydrogens is 272 g/mol. The fraction of sp³-hybridized carbons (Fsp3) is 0.444. The van der Waals surface area contributed by atoms with Crippen molar-refractivity contribution in [2.24, 2.45) is 0 Å². The minimum Gasteiger partial charge on any atom is -0.246 e. The molecule has 0 atom stereocenters. The van der Waals surface area contributed by atoms with Crippen molar-refractivity contribution in [1.82, 2.24) is 9.97 Å². The molecule has 0 aliphatic heterocycles. The van der Waals surface area contributed by atoms with Crippen LogP contribution in [0, 0.1) is 13.8 Å². The lowest BCUT2D eigenvalue weighted by Gasteiger charge is -2.39. The van der Waals surface area contributed by atoms with Gasteiger partial charge in [0.25, 0.3) is 0 Å². The van der Waals surface area contributed by atoms with Crippen LogP contribution < -0.4 is 10.6 Å². The lowest BCUT2D eigenvalue weighted by molar-refractivity contribution is 0.914. The van der Waals surface area contributed by atoms with Gasteiger partial charge in [0.2, 0.25) is 0 Å². The molecule has 3 heteroatoms. The van der Waals surface area contributed by atoms with E-state index in [2.05, 4.69) is 69.7 Å². The molecule has 0 radical (unpaired) electrons. The van der Waals surface area contributed by atoms with Crippen molar-refractivity contribution in [2.75, 3.05) is 0 Å². The minimum atomic E-state index is -1.99. The van der Waals surface area contributed by atoms with Gasteiger partial charge in [0.1, 0.15) is 5.45 Å². The fourth-order valence-electron chi connectivity index (χ4n) is 3.72. The number of hydrogen-bond donors (Lipinski definition) is 0. The summed E-state index contributed by atoms with van der Waals surface area (Å²) < 4.78 is 0. The molecule has 1 aromatic carbocycles. The second-order valence-electron chi connectivity index (χ2n) is 6.57. The molecule has 1 heterocycles. The van der Waals surface area contributed by atoms with Gasteiger partial charge in [-0.3, -0.25) is 0 Å². The van der Waals surface area contributed by atoms with Crippen LogP contribution in [0.2, 0.25) is 11.1 Å². The van der Waals surface area contributed by atoms with Gasteiger partial charge in [0.05, 0.1) is 0 Å². The Bertz CT molecular complexity index is 598. The van der Waals surface area contributed by atoms with Crippen molar-refractivity contribution < 1.29 is 0 Å². The minimum absolute atomic E-state index is 0.557. The molecule has 0 saturated heterocycles. The van der Waals surface area contributed by atoms with Crippen LogP contribution >= 0.6 is 0 Å². The molecule has 0 amide bonds. The number of rotatable bonds is 4. The highest BCUT2D eigenvalue weighted by Crippen LogP contribution is 2.32. The Balaban J connectivity index is 2.77. The van der Waals surface area contributed by atoms with Crippen molar-refractivity contribution in [1.29, 1.82) is 0 Å². The summed E-state index contributed by atoms with van der Waals surface area (Å²) in [5, 5.41) is 1.49. The number of nitrogens with zero attached hydrogens (tertiary/aromatic N) is 2. The van der Waals surface area contributed by atoms with E-state index in [1.165, 1.54) is 16.3 Å². The topological polar surface area (TPSA) is 25.8 Å². The van der Waals surface area contributed by atoms with Gasteiger partial charge in [-0.05, 0) is 36.2 Å². The normalized spacial score (nSPS) is 12.2. The van der Waals surface area contributed by atoms with Crippen molar-refractivity contribution in [2.45, 2.75) is 52.6 Å². The molecular formula is C18H26N2Si. The van der Waals surface area contributed by atoms with Crippen molar-refractivity contribution in [3.05, 3.63) is 47.8 Å². The summed E-state index contributed by atoms with van der Waals surface area (Å²) in [6, 6.07) is 8.77. The Labute approximate surface area is 129 Å². The highest BCUT2D eigenvalue weighted by atomic mass is 28.3. The highest BCUT2D eigenvalue weighted by Gasteiger charge is 2.47. The third-order valence-corrected chi connectivity index (χ3v) is 10.7. The van der Waals surface area contributed by atoms with E-state index in [9.17, 15) is 0 Å². The molecule has 2 nitrogen and oxygen atoms in total. The summed E-state index contributed by atoms with van der Waals surface area (Å²) in [5.41, 5.74) is 4.89. The predicted octanol–water partition coefficient (Wildman–Crippen LogP) is 3.48. The summed E-state index contributed by atoms with van der Waals surface area (Å²) >= 11 is 0. The van der Waals surface area contributed by atoms with Gasteiger partial charge < -0.3 is 0 Å². The molecule has 0 spiro atoms. The lowest BCUT2D eigenvalue weighted by atomic mass is 10.2. The van der Waals surface area contributed by atoms with Crippen LogP contribution in [0.15, 0.2) is 36.7 Å². The van der Waals surface area contributed by atoms with E-state index in [0.717, 1.165) is 5.45 Å². The molecule has 0 N–H and O–H groups in total. The number of benzene rings is 1. The quantitative estimate of drug-likeness (QED) is 0.808. The summed E-state index contributed by atoms with van der Waals surface area (Å²) in [5.74, 6) is 0. The van der Waals surface area contributed by atoms with E-state index in [4.69, 9.17) is 0 Å². The lowest BCUT2D eigenvalue weighted by Crippen LogP contribution is -2.65. The summed E-state index contributed by atoms with van der Waals surface area (Å²) in [6.45, 7) is 13.7. The number of aryl methyl sites for hydroxylation is 2.